The van der Waals surface area contributed by atoms with E-state index in [0.717, 1.165) is 11.1 Å². The number of carbonyl (C=O) groups is 3. The number of carbonyl (C=O) groups excluding carboxylic acids is 3. The van der Waals surface area contributed by atoms with Crippen LogP contribution in [0.5, 0.6) is 5.75 Å². The van der Waals surface area contributed by atoms with Gasteiger partial charge in [-0.1, -0.05) is 24.3 Å². The molecular formula is C18H20N4O6. The number of nitrogens with one attached hydrogen (secondary N) is 3. The van der Waals surface area contributed by atoms with Crippen LogP contribution in [0.3, 0.4) is 0 Å². The molecule has 0 bridgehead atoms. The van der Waals surface area contributed by atoms with Gasteiger partial charge in [0, 0.05) is 12.1 Å². The van der Waals surface area contributed by atoms with Crippen molar-refractivity contribution in [1.82, 2.24) is 16.3 Å². The van der Waals surface area contributed by atoms with Crippen LogP contribution in [0.1, 0.15) is 10.4 Å². The predicted molar refractivity (Wildman–Crippen MR) is 97.5 cm³/mol. The van der Waals surface area contributed by atoms with E-state index in [1.165, 1.54) is 11.0 Å². The fraction of sp³-hybridized carbons (Fsp3) is 0.167. The van der Waals surface area contributed by atoms with Crippen molar-refractivity contribution in [2.24, 2.45) is 5.73 Å². The summed E-state index contributed by atoms with van der Waals surface area (Å²) in [7, 11) is 0. The number of hydrogen-bond donors (Lipinski definition) is 6. The molecule has 2 aromatic carbocycles. The average Bonchev–Trinajstić information content (AvgIpc) is 2.75. The first-order valence-corrected chi connectivity index (χ1v) is 8.19. The summed E-state index contributed by atoms with van der Waals surface area (Å²) in [6, 6.07) is 12.5. The van der Waals surface area contributed by atoms with Crippen LogP contribution in [0, 0.1) is 0 Å². The van der Waals surface area contributed by atoms with Crippen molar-refractivity contribution in [2.75, 3.05) is 13.2 Å². The van der Waals surface area contributed by atoms with E-state index in [9.17, 15) is 14.4 Å². The minimum atomic E-state index is -1.04. The van der Waals surface area contributed by atoms with Crippen LogP contribution in [0.2, 0.25) is 0 Å². The molecule has 0 saturated heterocycles. The second-order valence-corrected chi connectivity index (χ2v) is 5.66. The van der Waals surface area contributed by atoms with Crippen molar-refractivity contribution in [3.8, 4) is 16.9 Å². The number of hydroxylamine groups is 2. The quantitative estimate of drug-likeness (QED) is 0.269. The maximum Gasteiger partial charge on any atom is 0.281 e. The van der Waals surface area contributed by atoms with Gasteiger partial charge in [-0.2, -0.15) is 0 Å². The van der Waals surface area contributed by atoms with Gasteiger partial charge in [-0.05, 0) is 35.4 Å². The average molecular weight is 388 g/mol. The molecule has 0 unspecified atom stereocenters. The summed E-state index contributed by atoms with van der Waals surface area (Å²) in [5.41, 5.74) is 10.3. The van der Waals surface area contributed by atoms with Gasteiger partial charge in [0.1, 0.15) is 11.8 Å². The molecule has 0 aromatic heterocycles. The summed E-state index contributed by atoms with van der Waals surface area (Å²) in [5.74, 6) is -1.51. The van der Waals surface area contributed by atoms with Crippen molar-refractivity contribution in [2.45, 2.75) is 6.04 Å². The Morgan fingerprint density at radius 1 is 0.929 bits per heavy atom. The number of hydrogen-bond acceptors (Lipinski definition) is 7. The second-order valence-electron chi connectivity index (χ2n) is 5.66. The monoisotopic (exact) mass is 388 g/mol. The highest BCUT2D eigenvalue weighted by Crippen LogP contribution is 2.23. The van der Waals surface area contributed by atoms with Crippen LogP contribution in [-0.4, -0.2) is 47.3 Å². The zero-order valence-corrected chi connectivity index (χ0v) is 14.7. The molecule has 3 amide bonds. The first-order chi connectivity index (χ1) is 13.5. The highest BCUT2D eigenvalue weighted by molar-refractivity contribution is 5.97. The molecule has 0 aliphatic heterocycles. The summed E-state index contributed by atoms with van der Waals surface area (Å²) in [5, 5.41) is 19.5. The largest absolute Gasteiger partial charge is 0.484 e. The summed E-state index contributed by atoms with van der Waals surface area (Å²) in [4.78, 5) is 34.5. The predicted octanol–water partition coefficient (Wildman–Crippen LogP) is -0.200. The molecule has 0 spiro atoms. The van der Waals surface area contributed by atoms with Gasteiger partial charge in [0.15, 0.2) is 6.61 Å². The fourth-order valence-electron chi connectivity index (χ4n) is 2.29. The van der Waals surface area contributed by atoms with Gasteiger partial charge in [0.25, 0.3) is 17.7 Å². The van der Waals surface area contributed by atoms with Gasteiger partial charge >= 0.3 is 0 Å². The van der Waals surface area contributed by atoms with Gasteiger partial charge in [0.2, 0.25) is 0 Å². The molecule has 10 nitrogen and oxygen atoms in total. The lowest BCUT2D eigenvalue weighted by Gasteiger charge is -2.14. The number of benzene rings is 2. The van der Waals surface area contributed by atoms with E-state index in [2.05, 4.69) is 5.32 Å². The van der Waals surface area contributed by atoms with Crippen molar-refractivity contribution in [3.63, 3.8) is 0 Å². The second kappa shape index (κ2) is 10.0. The Morgan fingerprint density at radius 3 is 2.00 bits per heavy atom. The lowest BCUT2D eigenvalue weighted by Crippen LogP contribution is -2.50. The summed E-state index contributed by atoms with van der Waals surface area (Å²) in [6.07, 6.45) is 0. The highest BCUT2D eigenvalue weighted by atomic mass is 16.5. The molecule has 1 atom stereocenters. The van der Waals surface area contributed by atoms with E-state index in [0.29, 0.717) is 11.3 Å². The minimum Gasteiger partial charge on any atom is -0.484 e. The summed E-state index contributed by atoms with van der Waals surface area (Å²) >= 11 is 0. The number of amides is 3. The zero-order chi connectivity index (χ0) is 20.5. The number of rotatable bonds is 8. The molecular weight excluding hydrogens is 368 g/mol. The molecule has 0 radical (unpaired) electrons. The lowest BCUT2D eigenvalue weighted by atomic mass is 10.0. The molecule has 2 aromatic rings. The molecule has 28 heavy (non-hydrogen) atoms. The van der Waals surface area contributed by atoms with Crippen LogP contribution in [0.15, 0.2) is 48.5 Å². The standard InChI is InChI=1S/C18H20N4O6/c19-9-15(18(25)22-27)20-17(24)13-3-1-11(2-4-13)12-5-7-14(8-6-12)28-10-16(23)21-26/h1-8,15,26-27H,9-10,19H2,(H,20,24)(H,21,23)(H,22,25)/t15-/m0/s1. The van der Waals surface area contributed by atoms with Crippen LogP contribution < -0.4 is 26.7 Å². The van der Waals surface area contributed by atoms with E-state index < -0.39 is 23.8 Å². The zero-order valence-electron chi connectivity index (χ0n) is 14.7. The Morgan fingerprint density at radius 2 is 1.50 bits per heavy atom. The van der Waals surface area contributed by atoms with Crippen molar-refractivity contribution >= 4 is 17.7 Å². The Bertz CT molecular complexity index is 823. The molecule has 2 rings (SSSR count). The Kier molecular flexibility index (Phi) is 7.45. The Balaban J connectivity index is 2.02. The van der Waals surface area contributed by atoms with Crippen molar-refractivity contribution in [3.05, 3.63) is 54.1 Å². The van der Waals surface area contributed by atoms with Gasteiger partial charge in [-0.3, -0.25) is 24.8 Å². The maximum atomic E-state index is 12.2. The molecule has 7 N–H and O–H groups in total. The topological polar surface area (TPSA) is 163 Å². The third-order valence-corrected chi connectivity index (χ3v) is 3.80. The Hall–Kier alpha value is -3.47. The number of ether oxygens (including phenoxy) is 1. The minimum absolute atomic E-state index is 0.162. The molecule has 0 aliphatic rings. The first kappa shape index (κ1) is 20.8. The van der Waals surface area contributed by atoms with Gasteiger partial charge in [0.05, 0.1) is 0 Å². The van der Waals surface area contributed by atoms with Crippen LogP contribution in [0.4, 0.5) is 0 Å². The molecule has 10 heteroatoms. The molecule has 148 valence electrons. The first-order valence-electron chi connectivity index (χ1n) is 8.19. The van der Waals surface area contributed by atoms with Crippen LogP contribution in [0.25, 0.3) is 11.1 Å². The third kappa shape index (κ3) is 5.51. The fourth-order valence-corrected chi connectivity index (χ4v) is 2.29. The van der Waals surface area contributed by atoms with Crippen LogP contribution >= 0.6 is 0 Å². The van der Waals surface area contributed by atoms with Crippen molar-refractivity contribution < 1.29 is 29.5 Å². The van der Waals surface area contributed by atoms with Crippen molar-refractivity contribution in [1.29, 1.82) is 0 Å². The van der Waals surface area contributed by atoms with Gasteiger partial charge < -0.3 is 15.8 Å². The van der Waals surface area contributed by atoms with E-state index >= 15 is 0 Å². The smallest absolute Gasteiger partial charge is 0.281 e. The van der Waals surface area contributed by atoms with E-state index in [4.69, 9.17) is 20.9 Å². The third-order valence-electron chi connectivity index (χ3n) is 3.80. The molecule has 0 saturated carbocycles. The summed E-state index contributed by atoms with van der Waals surface area (Å²) in [6.45, 7) is -0.470. The molecule has 0 fully saturated rings. The van der Waals surface area contributed by atoms with Gasteiger partial charge in [-0.25, -0.2) is 11.0 Å². The maximum absolute atomic E-state index is 12.2. The van der Waals surface area contributed by atoms with E-state index in [1.54, 1.807) is 48.5 Å². The lowest BCUT2D eigenvalue weighted by molar-refractivity contribution is -0.131. The number of nitrogens with two attached hydrogens (primary N) is 1. The van der Waals surface area contributed by atoms with Crippen LogP contribution in [-0.2, 0) is 9.59 Å². The normalized spacial score (nSPS) is 11.2. The Labute approximate surface area is 160 Å². The molecule has 0 heterocycles. The highest BCUT2D eigenvalue weighted by Gasteiger charge is 2.19. The summed E-state index contributed by atoms with van der Waals surface area (Å²) < 4.78 is 5.19. The van der Waals surface area contributed by atoms with E-state index in [1.807, 2.05) is 0 Å². The van der Waals surface area contributed by atoms with E-state index in [-0.39, 0.29) is 13.2 Å². The molecule has 0 aliphatic carbocycles. The SMILES string of the molecule is NC[C@H](NC(=O)c1ccc(-c2ccc(OCC(=O)NO)cc2)cc1)C(=O)NO. The van der Waals surface area contributed by atoms with Gasteiger partial charge in [-0.15, -0.1) is 0 Å².